The number of nitrogens with one attached hydrogen (secondary N) is 1. The zero-order valence-corrected chi connectivity index (χ0v) is 18.6. The summed E-state index contributed by atoms with van der Waals surface area (Å²) in [6.07, 6.45) is 6.68. The van der Waals surface area contributed by atoms with E-state index in [9.17, 15) is 14.4 Å². The van der Waals surface area contributed by atoms with E-state index >= 15 is 0 Å². The molecule has 4 fully saturated rings. The molecule has 1 N–H and O–H groups in total. The quantitative estimate of drug-likeness (QED) is 0.547. The van der Waals surface area contributed by atoms with Crippen LogP contribution in [0.2, 0.25) is 0 Å². The molecule has 0 saturated heterocycles. The largest absolute Gasteiger partial charge is 0.456 e. The van der Waals surface area contributed by atoms with Crippen molar-refractivity contribution in [3.63, 3.8) is 0 Å². The molecule has 0 spiro atoms. The number of ketones is 1. The third-order valence-corrected chi connectivity index (χ3v) is 7.76. The van der Waals surface area contributed by atoms with Gasteiger partial charge in [0.15, 0.2) is 6.61 Å². The van der Waals surface area contributed by atoms with Gasteiger partial charge in [-0.15, -0.1) is 0 Å². The maximum Gasteiger partial charge on any atom is 0.328 e. The first-order chi connectivity index (χ1) is 14.2. The van der Waals surface area contributed by atoms with Gasteiger partial charge in [0.25, 0.3) is 0 Å². The van der Waals surface area contributed by atoms with Gasteiger partial charge >= 0.3 is 5.97 Å². The van der Waals surface area contributed by atoms with Crippen LogP contribution >= 0.6 is 0 Å². The molecule has 0 radical (unpaired) electrons. The number of amides is 1. The van der Waals surface area contributed by atoms with Gasteiger partial charge in [0.05, 0.1) is 0 Å². The number of nitrogens with zero attached hydrogens (tertiary/aromatic N) is 1. The molecule has 1 aromatic rings. The molecule has 164 valence electrons. The second kappa shape index (κ2) is 7.86. The lowest BCUT2D eigenvalue weighted by molar-refractivity contribution is -0.153. The zero-order valence-electron chi connectivity index (χ0n) is 18.6. The molecule has 1 amide bonds. The third-order valence-electron chi connectivity index (χ3n) is 7.76. The fraction of sp³-hybridized carbons (Fsp3) is 0.708. The van der Waals surface area contributed by atoms with Crippen LogP contribution in [-0.2, 0) is 20.9 Å². The van der Waals surface area contributed by atoms with Crippen LogP contribution in [0.15, 0.2) is 6.07 Å². The number of hydrogen-bond acceptors (Lipinski definition) is 4. The van der Waals surface area contributed by atoms with E-state index in [0.29, 0.717) is 23.3 Å². The monoisotopic (exact) mass is 414 g/mol. The van der Waals surface area contributed by atoms with E-state index in [1.807, 2.05) is 26.8 Å². The predicted octanol–water partition coefficient (Wildman–Crippen LogP) is 3.57. The average molecular weight is 415 g/mol. The number of esters is 1. The van der Waals surface area contributed by atoms with Gasteiger partial charge in [0.1, 0.15) is 6.04 Å². The molecule has 6 heteroatoms. The lowest BCUT2D eigenvalue weighted by Crippen LogP contribution is -2.56. The van der Waals surface area contributed by atoms with Gasteiger partial charge < -0.3 is 14.6 Å². The van der Waals surface area contributed by atoms with E-state index in [1.54, 1.807) is 6.92 Å². The minimum atomic E-state index is -0.749. The molecule has 1 heterocycles. The lowest BCUT2D eigenvalue weighted by Gasteiger charge is -2.55. The van der Waals surface area contributed by atoms with Crippen molar-refractivity contribution in [1.82, 2.24) is 9.88 Å². The van der Waals surface area contributed by atoms with Crippen molar-refractivity contribution in [2.45, 2.75) is 78.8 Å². The highest BCUT2D eigenvalue weighted by Gasteiger charge is 2.54. The molecule has 30 heavy (non-hydrogen) atoms. The van der Waals surface area contributed by atoms with Crippen LogP contribution < -0.4 is 5.32 Å². The number of hydrogen-bond donors (Lipinski definition) is 1. The van der Waals surface area contributed by atoms with Crippen molar-refractivity contribution < 1.29 is 19.1 Å². The van der Waals surface area contributed by atoms with E-state index in [1.165, 1.54) is 19.3 Å². The van der Waals surface area contributed by atoms with Crippen molar-refractivity contribution in [3.05, 3.63) is 23.0 Å². The summed E-state index contributed by atoms with van der Waals surface area (Å²) < 4.78 is 7.32. The topological polar surface area (TPSA) is 77.4 Å². The molecule has 1 aromatic heterocycles. The number of carbonyl (C=O) groups is 3. The summed E-state index contributed by atoms with van der Waals surface area (Å²) in [5.74, 6) is 1.25. The Hall–Kier alpha value is -2.11. The summed E-state index contributed by atoms with van der Waals surface area (Å²) in [6, 6.07) is 1.09. The molecule has 4 aliphatic rings. The van der Waals surface area contributed by atoms with Gasteiger partial charge in [0, 0.05) is 28.9 Å². The van der Waals surface area contributed by atoms with E-state index in [-0.39, 0.29) is 23.7 Å². The van der Waals surface area contributed by atoms with E-state index < -0.39 is 12.0 Å². The summed E-state index contributed by atoms with van der Waals surface area (Å²) in [5.41, 5.74) is 2.20. The number of Topliss-reactive ketones (excluding diaryl/α,β-unsaturated/α-hetero) is 1. The minimum absolute atomic E-state index is 0.00358. The van der Waals surface area contributed by atoms with Crippen molar-refractivity contribution in [3.8, 4) is 0 Å². The maximum atomic E-state index is 13.1. The van der Waals surface area contributed by atoms with Crippen LogP contribution in [0.3, 0.4) is 0 Å². The SMILES string of the molecule is CCn1c(C)cc(C(=O)COC(=O)[C@H](C)NC(=O)C23CC4CC(CC(C4)C2)C3)c1C. The van der Waals surface area contributed by atoms with Crippen molar-refractivity contribution >= 4 is 17.7 Å². The molecule has 5 rings (SSSR count). The highest BCUT2D eigenvalue weighted by molar-refractivity contribution is 5.99. The van der Waals surface area contributed by atoms with Crippen LogP contribution in [0.4, 0.5) is 0 Å². The molecule has 0 aromatic carbocycles. The molecule has 0 unspecified atom stereocenters. The highest BCUT2D eigenvalue weighted by Crippen LogP contribution is 2.60. The molecule has 0 aliphatic heterocycles. The molecule has 6 nitrogen and oxygen atoms in total. The van der Waals surface area contributed by atoms with Crippen molar-refractivity contribution in [1.29, 1.82) is 0 Å². The number of rotatable bonds is 7. The standard InChI is InChI=1S/C24H34N2O4/c1-5-26-14(2)6-20(16(26)4)21(27)13-30-22(28)15(3)25-23(29)24-10-17-7-18(11-24)9-19(8-17)12-24/h6,15,17-19H,5,7-13H2,1-4H3,(H,25,29)/t15-,17?,18?,19?,24?/m0/s1. The molecule has 4 bridgehead atoms. The Kier molecular flexibility index (Phi) is 5.54. The van der Waals surface area contributed by atoms with Gasteiger partial charge in [-0.3, -0.25) is 9.59 Å². The number of carbonyl (C=O) groups excluding carboxylic acids is 3. The molecule has 4 aliphatic carbocycles. The second-order valence-electron chi connectivity index (χ2n) is 9.95. The van der Waals surface area contributed by atoms with Gasteiger partial charge in [-0.25, -0.2) is 4.79 Å². The summed E-state index contributed by atoms with van der Waals surface area (Å²) in [5, 5.41) is 2.91. The summed E-state index contributed by atoms with van der Waals surface area (Å²) in [6.45, 7) is 8.03. The Bertz CT molecular complexity index is 834. The Morgan fingerprint density at radius 1 is 1.13 bits per heavy atom. The second-order valence-corrected chi connectivity index (χ2v) is 9.95. The van der Waals surface area contributed by atoms with Gasteiger partial charge in [-0.1, -0.05) is 0 Å². The molecular weight excluding hydrogens is 380 g/mol. The van der Waals surface area contributed by atoms with Crippen LogP contribution in [0.5, 0.6) is 0 Å². The predicted molar refractivity (Wildman–Crippen MR) is 113 cm³/mol. The minimum Gasteiger partial charge on any atom is -0.456 e. The molecule has 1 atom stereocenters. The van der Waals surface area contributed by atoms with Crippen LogP contribution in [0.25, 0.3) is 0 Å². The third kappa shape index (κ3) is 3.69. The Morgan fingerprint density at radius 2 is 1.70 bits per heavy atom. The van der Waals surface area contributed by atoms with Crippen molar-refractivity contribution in [2.24, 2.45) is 23.2 Å². The van der Waals surface area contributed by atoms with Crippen LogP contribution in [0.1, 0.15) is 74.1 Å². The Morgan fingerprint density at radius 3 is 2.20 bits per heavy atom. The van der Waals surface area contributed by atoms with Gasteiger partial charge in [-0.2, -0.15) is 0 Å². The Balaban J connectivity index is 1.32. The normalized spacial score (nSPS) is 30.2. The highest BCUT2D eigenvalue weighted by atomic mass is 16.5. The van der Waals surface area contributed by atoms with E-state index in [2.05, 4.69) is 9.88 Å². The molecule has 4 saturated carbocycles. The maximum absolute atomic E-state index is 13.1. The lowest BCUT2D eigenvalue weighted by atomic mass is 9.49. The van der Waals surface area contributed by atoms with E-state index in [0.717, 1.165) is 37.2 Å². The van der Waals surface area contributed by atoms with Crippen molar-refractivity contribution in [2.75, 3.05) is 6.61 Å². The first-order valence-electron chi connectivity index (χ1n) is 11.4. The zero-order chi connectivity index (χ0) is 21.6. The van der Waals surface area contributed by atoms with Gasteiger partial charge in [0.2, 0.25) is 11.7 Å². The fourth-order valence-corrected chi connectivity index (χ4v) is 6.71. The average Bonchev–Trinajstić information content (AvgIpc) is 2.98. The first kappa shape index (κ1) is 21.1. The first-order valence-corrected chi connectivity index (χ1v) is 11.4. The van der Waals surface area contributed by atoms with Crippen LogP contribution in [0, 0.1) is 37.0 Å². The number of ether oxygens (including phenoxy) is 1. The number of aromatic nitrogens is 1. The van der Waals surface area contributed by atoms with Gasteiger partial charge in [-0.05, 0) is 90.0 Å². The summed E-state index contributed by atoms with van der Waals surface area (Å²) in [4.78, 5) is 38.1. The summed E-state index contributed by atoms with van der Waals surface area (Å²) in [7, 11) is 0. The van der Waals surface area contributed by atoms with E-state index in [4.69, 9.17) is 4.74 Å². The summed E-state index contributed by atoms with van der Waals surface area (Å²) >= 11 is 0. The Labute approximate surface area is 178 Å². The molecular formula is C24H34N2O4. The number of aryl methyl sites for hydroxylation is 1. The fourth-order valence-electron chi connectivity index (χ4n) is 6.71. The smallest absolute Gasteiger partial charge is 0.328 e. The van der Waals surface area contributed by atoms with Crippen LogP contribution in [-0.4, -0.2) is 34.9 Å².